The minimum Gasteiger partial charge on any atom is -0.306 e. The smallest absolute Gasteiger partial charge is 0.251 e. The highest BCUT2D eigenvalue weighted by atomic mass is 16.3. The van der Waals surface area contributed by atoms with Crippen LogP contribution in [-0.4, -0.2) is 14.6 Å². The first-order valence-electron chi connectivity index (χ1n) is 5.68. The number of nitrogens with zero attached hydrogens (tertiary/aromatic N) is 4. The summed E-state index contributed by atoms with van der Waals surface area (Å²) < 4.78 is 1.45. The Bertz CT molecular complexity index is 916. The van der Waals surface area contributed by atoms with Crippen molar-refractivity contribution in [2.45, 2.75) is 0 Å². The summed E-state index contributed by atoms with van der Waals surface area (Å²) in [6.07, 6.45) is 1.37. The molecule has 0 saturated heterocycles. The first-order valence-corrected chi connectivity index (χ1v) is 5.68. The summed E-state index contributed by atoms with van der Waals surface area (Å²) in [5, 5.41) is 15.9. The maximum absolute atomic E-state index is 11.7. The summed E-state index contributed by atoms with van der Waals surface area (Å²) in [7, 11) is 0. The molecule has 2 heterocycles. The van der Waals surface area contributed by atoms with Crippen molar-refractivity contribution in [1.29, 1.82) is 5.26 Å². The number of hydrogen-bond donors (Lipinski definition) is 1. The Balaban J connectivity index is 2.36. The molecule has 3 rings (SSSR count). The highest BCUT2D eigenvalue weighted by Gasteiger charge is 2.11. The van der Waals surface area contributed by atoms with E-state index in [1.807, 2.05) is 6.07 Å². The topological polar surface area (TPSA) is 103 Å². The van der Waals surface area contributed by atoms with Crippen LogP contribution in [0, 0.1) is 16.2 Å². The zero-order valence-electron chi connectivity index (χ0n) is 10.1. The van der Waals surface area contributed by atoms with Gasteiger partial charge in [0.05, 0.1) is 11.9 Å². The largest absolute Gasteiger partial charge is 0.306 e. The number of nitriles is 1. The zero-order chi connectivity index (χ0) is 14.1. The van der Waals surface area contributed by atoms with Gasteiger partial charge in [-0.25, -0.2) is 4.52 Å². The molecule has 0 atom stereocenters. The first-order chi connectivity index (χ1) is 9.72. The predicted molar refractivity (Wildman–Crippen MR) is 71.4 cm³/mol. The fraction of sp³-hybridized carbons (Fsp3) is 0. The number of H-pyrrole nitrogens is 1. The SMILES string of the molecule is N#Cc1cnn2c(-c3cccc(N=O)c3)cc(=O)[nH]c12. The third-order valence-electron chi connectivity index (χ3n) is 2.87. The average molecular weight is 265 g/mol. The Hall–Kier alpha value is -3.27. The number of rotatable bonds is 2. The molecule has 0 amide bonds. The van der Waals surface area contributed by atoms with Crippen molar-refractivity contribution in [2.24, 2.45) is 5.18 Å². The Morgan fingerprint density at radius 2 is 2.20 bits per heavy atom. The van der Waals surface area contributed by atoms with Crippen LogP contribution in [0.2, 0.25) is 0 Å². The first kappa shape index (κ1) is 11.8. The van der Waals surface area contributed by atoms with Crippen molar-refractivity contribution >= 4 is 11.3 Å². The molecule has 0 bridgehead atoms. The molecule has 96 valence electrons. The monoisotopic (exact) mass is 265 g/mol. The van der Waals surface area contributed by atoms with E-state index >= 15 is 0 Å². The van der Waals surface area contributed by atoms with E-state index in [9.17, 15) is 9.70 Å². The summed E-state index contributed by atoms with van der Waals surface area (Å²) >= 11 is 0. The number of aromatic amines is 1. The zero-order valence-corrected chi connectivity index (χ0v) is 10.1. The van der Waals surface area contributed by atoms with E-state index in [-0.39, 0.29) is 16.8 Å². The van der Waals surface area contributed by atoms with Gasteiger partial charge in [-0.15, -0.1) is 4.91 Å². The van der Waals surface area contributed by atoms with Crippen molar-refractivity contribution in [2.75, 3.05) is 0 Å². The molecule has 0 radical (unpaired) electrons. The minimum absolute atomic E-state index is 0.253. The van der Waals surface area contributed by atoms with Crippen molar-refractivity contribution in [3.05, 3.63) is 57.4 Å². The molecule has 0 spiro atoms. The van der Waals surface area contributed by atoms with Crippen LogP contribution in [0.3, 0.4) is 0 Å². The van der Waals surface area contributed by atoms with Gasteiger partial charge in [0.1, 0.15) is 17.3 Å². The summed E-state index contributed by atoms with van der Waals surface area (Å²) in [5.74, 6) is 0. The van der Waals surface area contributed by atoms with E-state index in [0.717, 1.165) is 0 Å². The van der Waals surface area contributed by atoms with E-state index in [0.29, 0.717) is 16.9 Å². The van der Waals surface area contributed by atoms with Crippen LogP contribution in [0.25, 0.3) is 16.9 Å². The molecule has 0 saturated carbocycles. The van der Waals surface area contributed by atoms with Crippen LogP contribution < -0.4 is 5.56 Å². The van der Waals surface area contributed by atoms with E-state index in [4.69, 9.17) is 5.26 Å². The molecule has 7 nitrogen and oxygen atoms in total. The lowest BCUT2D eigenvalue weighted by Gasteiger charge is -2.04. The fourth-order valence-corrected chi connectivity index (χ4v) is 2.00. The second kappa shape index (κ2) is 4.44. The number of nitroso groups, excluding NO2 is 1. The maximum atomic E-state index is 11.7. The Morgan fingerprint density at radius 3 is 2.95 bits per heavy atom. The van der Waals surface area contributed by atoms with E-state index in [1.54, 1.807) is 24.3 Å². The predicted octanol–water partition coefficient (Wildman–Crippen LogP) is 1.96. The molecule has 1 aromatic carbocycles. The van der Waals surface area contributed by atoms with Gasteiger partial charge < -0.3 is 4.98 Å². The average Bonchev–Trinajstić information content (AvgIpc) is 2.89. The minimum atomic E-state index is -0.353. The summed E-state index contributed by atoms with van der Waals surface area (Å²) in [4.78, 5) is 24.9. The Kier molecular flexibility index (Phi) is 2.62. The van der Waals surface area contributed by atoms with Crippen LogP contribution in [-0.2, 0) is 0 Å². The Morgan fingerprint density at radius 1 is 1.35 bits per heavy atom. The van der Waals surface area contributed by atoms with Gasteiger partial charge in [0.25, 0.3) is 5.56 Å². The number of benzene rings is 1. The molecule has 0 aliphatic heterocycles. The molecule has 2 aromatic heterocycles. The van der Waals surface area contributed by atoms with Crippen LogP contribution in [0.1, 0.15) is 5.56 Å². The quantitative estimate of drug-likeness (QED) is 0.715. The molecule has 0 aliphatic rings. The van der Waals surface area contributed by atoms with Gasteiger partial charge in [-0.05, 0) is 17.3 Å². The molecule has 1 N–H and O–H groups in total. The molecule has 3 aromatic rings. The fourth-order valence-electron chi connectivity index (χ4n) is 2.00. The van der Waals surface area contributed by atoms with Crippen LogP contribution in [0.4, 0.5) is 5.69 Å². The summed E-state index contributed by atoms with van der Waals surface area (Å²) in [5.41, 5.74) is 1.59. The van der Waals surface area contributed by atoms with Crippen molar-refractivity contribution in [1.82, 2.24) is 14.6 Å². The highest BCUT2D eigenvalue weighted by molar-refractivity contribution is 5.67. The molecular formula is C13H7N5O2. The highest BCUT2D eigenvalue weighted by Crippen LogP contribution is 2.23. The lowest BCUT2D eigenvalue weighted by molar-refractivity contribution is 0.939. The third-order valence-corrected chi connectivity index (χ3v) is 2.87. The van der Waals surface area contributed by atoms with Gasteiger partial charge in [0.15, 0.2) is 5.65 Å². The lowest BCUT2D eigenvalue weighted by Crippen LogP contribution is -2.09. The molecular weight excluding hydrogens is 258 g/mol. The van der Waals surface area contributed by atoms with Gasteiger partial charge in [-0.3, -0.25) is 4.79 Å². The standard InChI is InChI=1S/C13H7N5O2/c14-6-9-7-15-18-11(5-12(19)16-13(9)18)8-2-1-3-10(4-8)17-20/h1-5,7H,(H,16,19). The van der Waals surface area contributed by atoms with Gasteiger partial charge in [0, 0.05) is 11.6 Å². The van der Waals surface area contributed by atoms with E-state index in [2.05, 4.69) is 15.3 Å². The van der Waals surface area contributed by atoms with E-state index in [1.165, 1.54) is 16.8 Å². The number of hydrogen-bond acceptors (Lipinski definition) is 5. The van der Waals surface area contributed by atoms with Crippen LogP contribution >= 0.6 is 0 Å². The second-order valence-corrected chi connectivity index (χ2v) is 4.09. The van der Waals surface area contributed by atoms with Gasteiger partial charge >= 0.3 is 0 Å². The Labute approximate surface area is 112 Å². The van der Waals surface area contributed by atoms with Gasteiger partial charge in [0.2, 0.25) is 0 Å². The van der Waals surface area contributed by atoms with Crippen molar-refractivity contribution < 1.29 is 0 Å². The number of nitrogens with one attached hydrogen (secondary N) is 1. The summed E-state index contributed by atoms with van der Waals surface area (Å²) in [6.45, 7) is 0. The molecule has 0 fully saturated rings. The van der Waals surface area contributed by atoms with E-state index < -0.39 is 0 Å². The van der Waals surface area contributed by atoms with Crippen molar-refractivity contribution in [3.8, 4) is 17.3 Å². The molecule has 0 aliphatic carbocycles. The second-order valence-electron chi connectivity index (χ2n) is 4.09. The normalized spacial score (nSPS) is 10.3. The number of fused-ring (bicyclic) bond motifs is 1. The van der Waals surface area contributed by atoms with Crippen LogP contribution in [0.5, 0.6) is 0 Å². The van der Waals surface area contributed by atoms with Gasteiger partial charge in [-0.1, -0.05) is 12.1 Å². The molecule has 20 heavy (non-hydrogen) atoms. The summed E-state index contributed by atoms with van der Waals surface area (Å²) in [6, 6.07) is 9.81. The van der Waals surface area contributed by atoms with Gasteiger partial charge in [-0.2, -0.15) is 10.4 Å². The van der Waals surface area contributed by atoms with Crippen molar-refractivity contribution in [3.63, 3.8) is 0 Å². The number of aromatic nitrogens is 3. The molecule has 0 unspecified atom stereocenters. The third kappa shape index (κ3) is 1.76. The molecule has 7 heteroatoms. The lowest BCUT2D eigenvalue weighted by atomic mass is 10.1. The van der Waals surface area contributed by atoms with Crippen LogP contribution in [0.15, 0.2) is 46.5 Å². The maximum Gasteiger partial charge on any atom is 0.251 e.